The number of nitro groups is 1. The van der Waals surface area contributed by atoms with E-state index < -0.39 is 4.92 Å². The van der Waals surface area contributed by atoms with E-state index in [9.17, 15) is 14.9 Å². The van der Waals surface area contributed by atoms with Gasteiger partial charge in [-0.3, -0.25) is 19.8 Å². The van der Waals surface area contributed by atoms with Gasteiger partial charge in [0.1, 0.15) is 0 Å². The summed E-state index contributed by atoms with van der Waals surface area (Å²) in [4.78, 5) is 27.3. The zero-order valence-corrected chi connectivity index (χ0v) is 14.7. The molecule has 0 aliphatic carbocycles. The maximum Gasteiger partial charge on any atom is 0.275 e. The largest absolute Gasteiger partial charge is 0.369 e. The van der Waals surface area contributed by atoms with Crippen molar-refractivity contribution >= 4 is 22.1 Å². The van der Waals surface area contributed by atoms with E-state index in [-0.39, 0.29) is 11.2 Å². The third-order valence-electron chi connectivity index (χ3n) is 4.89. The molecule has 1 aromatic heterocycles. The van der Waals surface area contributed by atoms with Crippen LogP contribution in [0.3, 0.4) is 0 Å². The van der Waals surface area contributed by atoms with Crippen LogP contribution in [0.25, 0.3) is 10.8 Å². The Morgan fingerprint density at radius 2 is 1.70 bits per heavy atom. The van der Waals surface area contributed by atoms with Crippen LogP contribution >= 0.6 is 0 Å². The molecule has 2 aromatic carbocycles. The summed E-state index contributed by atoms with van der Waals surface area (Å²) in [7, 11) is 0. The van der Waals surface area contributed by atoms with E-state index in [0.717, 1.165) is 37.3 Å². The van der Waals surface area contributed by atoms with Crippen molar-refractivity contribution in [3.8, 4) is 0 Å². The van der Waals surface area contributed by atoms with Gasteiger partial charge in [-0.1, -0.05) is 18.2 Å². The summed E-state index contributed by atoms with van der Waals surface area (Å²) in [6.07, 6.45) is 1.73. The summed E-state index contributed by atoms with van der Waals surface area (Å²) in [6, 6.07) is 14.1. The number of anilines is 1. The lowest BCUT2D eigenvalue weighted by Crippen LogP contribution is -2.48. The van der Waals surface area contributed by atoms with Crippen LogP contribution in [0.5, 0.6) is 0 Å². The third-order valence-corrected chi connectivity index (χ3v) is 4.89. The summed E-state index contributed by atoms with van der Waals surface area (Å²) < 4.78 is 1.50. The van der Waals surface area contributed by atoms with Gasteiger partial charge in [-0.05, 0) is 18.2 Å². The molecule has 2 heterocycles. The summed E-state index contributed by atoms with van der Waals surface area (Å²) in [6.45, 7) is 3.62. The molecule has 0 unspecified atom stereocenters. The van der Waals surface area contributed by atoms with E-state index in [1.165, 1.54) is 16.8 Å². The number of nitrogens with zero attached hydrogens (tertiary/aromatic N) is 5. The number of piperazine rings is 1. The Labute approximate surface area is 155 Å². The van der Waals surface area contributed by atoms with Gasteiger partial charge in [0.2, 0.25) is 0 Å². The number of benzene rings is 2. The monoisotopic (exact) mass is 365 g/mol. The van der Waals surface area contributed by atoms with Crippen molar-refractivity contribution < 1.29 is 4.92 Å². The molecule has 27 heavy (non-hydrogen) atoms. The van der Waals surface area contributed by atoms with E-state index >= 15 is 0 Å². The number of aromatic nitrogens is 2. The molecule has 138 valence electrons. The molecule has 0 saturated carbocycles. The Bertz CT molecular complexity index is 1020. The molecule has 1 aliphatic rings. The number of non-ortho nitro benzene ring substituents is 1. The first kappa shape index (κ1) is 17.2. The predicted octanol–water partition coefficient (Wildman–Crippen LogP) is 2.08. The van der Waals surface area contributed by atoms with Crippen LogP contribution in [0.15, 0.2) is 59.5 Å². The zero-order chi connectivity index (χ0) is 18.8. The van der Waals surface area contributed by atoms with Crippen molar-refractivity contribution in [2.75, 3.05) is 31.1 Å². The average Bonchev–Trinajstić information content (AvgIpc) is 2.71. The first-order valence-electron chi connectivity index (χ1n) is 8.78. The highest BCUT2D eigenvalue weighted by Gasteiger charge is 2.19. The lowest BCUT2D eigenvalue weighted by Gasteiger charge is -2.35. The molecule has 1 saturated heterocycles. The van der Waals surface area contributed by atoms with E-state index in [1.807, 2.05) is 24.3 Å². The number of hydrogen-bond donors (Lipinski definition) is 0. The highest BCUT2D eigenvalue weighted by molar-refractivity contribution is 5.80. The Balaban J connectivity index is 1.42. The molecule has 0 radical (unpaired) electrons. The highest BCUT2D eigenvalue weighted by Crippen LogP contribution is 2.20. The van der Waals surface area contributed by atoms with Gasteiger partial charge in [0.15, 0.2) is 0 Å². The highest BCUT2D eigenvalue weighted by atomic mass is 16.6. The molecule has 1 aliphatic heterocycles. The summed E-state index contributed by atoms with van der Waals surface area (Å²) in [5, 5.41) is 16.6. The minimum absolute atomic E-state index is 0.0779. The van der Waals surface area contributed by atoms with Crippen molar-refractivity contribution in [2.45, 2.75) is 6.67 Å². The average molecular weight is 365 g/mol. The molecule has 0 N–H and O–H groups in total. The van der Waals surface area contributed by atoms with Crippen LogP contribution in [0.1, 0.15) is 0 Å². The van der Waals surface area contributed by atoms with Crippen LogP contribution in [-0.2, 0) is 6.67 Å². The molecule has 3 aromatic rings. The Morgan fingerprint density at radius 1 is 1.00 bits per heavy atom. The topological polar surface area (TPSA) is 84.5 Å². The van der Waals surface area contributed by atoms with Crippen LogP contribution < -0.4 is 10.5 Å². The fourth-order valence-corrected chi connectivity index (χ4v) is 3.35. The van der Waals surface area contributed by atoms with Crippen molar-refractivity contribution in [1.82, 2.24) is 14.7 Å². The van der Waals surface area contributed by atoms with E-state index in [4.69, 9.17) is 0 Å². The lowest BCUT2D eigenvalue weighted by atomic mass is 10.2. The smallest absolute Gasteiger partial charge is 0.275 e. The van der Waals surface area contributed by atoms with Crippen molar-refractivity contribution in [1.29, 1.82) is 0 Å². The van der Waals surface area contributed by atoms with Gasteiger partial charge < -0.3 is 4.90 Å². The lowest BCUT2D eigenvalue weighted by molar-refractivity contribution is -0.384. The quantitative estimate of drug-likeness (QED) is 0.520. The standard InChI is InChI=1S/C19H19N5O3/c25-19-18-4-2-1-3-15(18)13-20-23(19)14-21-9-11-22(12-10-21)16-5-7-17(8-6-16)24(26)27/h1-8,13H,9-12,14H2. The first-order chi connectivity index (χ1) is 13.1. The van der Waals surface area contributed by atoms with Gasteiger partial charge in [0.05, 0.1) is 23.2 Å². The van der Waals surface area contributed by atoms with Gasteiger partial charge >= 0.3 is 0 Å². The molecule has 0 bridgehead atoms. The maximum atomic E-state index is 12.6. The minimum atomic E-state index is -0.393. The Morgan fingerprint density at radius 3 is 2.41 bits per heavy atom. The minimum Gasteiger partial charge on any atom is -0.369 e. The van der Waals surface area contributed by atoms with Gasteiger partial charge in [-0.2, -0.15) is 5.10 Å². The molecular weight excluding hydrogens is 346 g/mol. The molecule has 0 atom stereocenters. The molecule has 1 fully saturated rings. The van der Waals surface area contributed by atoms with E-state index in [0.29, 0.717) is 12.1 Å². The molecule has 8 nitrogen and oxygen atoms in total. The SMILES string of the molecule is O=c1c2ccccc2cnn1CN1CCN(c2ccc([N+](=O)[O-])cc2)CC1. The second-order valence-corrected chi connectivity index (χ2v) is 6.56. The summed E-state index contributed by atoms with van der Waals surface area (Å²) in [5.41, 5.74) is 0.992. The normalized spacial score (nSPS) is 15.2. The summed E-state index contributed by atoms with van der Waals surface area (Å²) in [5.74, 6) is 0. The predicted molar refractivity (Wildman–Crippen MR) is 103 cm³/mol. The Kier molecular flexibility index (Phi) is 4.55. The maximum absolute atomic E-state index is 12.6. The van der Waals surface area contributed by atoms with Gasteiger partial charge in [-0.15, -0.1) is 0 Å². The molecule has 8 heteroatoms. The zero-order valence-electron chi connectivity index (χ0n) is 14.7. The molecular formula is C19H19N5O3. The number of fused-ring (bicyclic) bond motifs is 1. The fraction of sp³-hybridized carbons (Fsp3) is 0.263. The van der Waals surface area contributed by atoms with Crippen LogP contribution in [0.4, 0.5) is 11.4 Å². The second kappa shape index (κ2) is 7.16. The molecule has 4 rings (SSSR count). The third kappa shape index (κ3) is 3.52. The van der Waals surface area contributed by atoms with E-state index in [1.54, 1.807) is 18.3 Å². The number of rotatable bonds is 4. The number of nitro benzene ring substituents is 1. The molecule has 0 amide bonds. The van der Waals surface area contributed by atoms with Gasteiger partial charge in [0, 0.05) is 49.4 Å². The van der Waals surface area contributed by atoms with Crippen molar-refractivity contribution in [3.63, 3.8) is 0 Å². The van der Waals surface area contributed by atoms with Crippen LogP contribution in [-0.4, -0.2) is 45.8 Å². The fourth-order valence-electron chi connectivity index (χ4n) is 3.35. The van der Waals surface area contributed by atoms with Crippen molar-refractivity contribution in [3.05, 3.63) is 75.2 Å². The van der Waals surface area contributed by atoms with E-state index in [2.05, 4.69) is 14.9 Å². The second-order valence-electron chi connectivity index (χ2n) is 6.56. The van der Waals surface area contributed by atoms with Crippen molar-refractivity contribution in [2.24, 2.45) is 0 Å². The van der Waals surface area contributed by atoms with Crippen LogP contribution in [0, 0.1) is 10.1 Å². The Hall–Kier alpha value is -3.26. The molecule has 0 spiro atoms. The number of hydrogen-bond acceptors (Lipinski definition) is 6. The summed E-state index contributed by atoms with van der Waals surface area (Å²) >= 11 is 0. The van der Waals surface area contributed by atoms with Gasteiger partial charge in [-0.25, -0.2) is 4.68 Å². The van der Waals surface area contributed by atoms with Crippen LogP contribution in [0.2, 0.25) is 0 Å². The first-order valence-corrected chi connectivity index (χ1v) is 8.78. The van der Waals surface area contributed by atoms with Gasteiger partial charge in [0.25, 0.3) is 11.2 Å².